The molecule has 0 atom stereocenters. The monoisotopic (exact) mass is 248 g/mol. The van der Waals surface area contributed by atoms with Crippen LogP contribution in [0.4, 0.5) is 0 Å². The molecule has 0 aliphatic rings. The number of hydrogen-bond acceptors (Lipinski definition) is 4. The van der Waals surface area contributed by atoms with Gasteiger partial charge in [-0.25, -0.2) is 4.68 Å². The predicted octanol–water partition coefficient (Wildman–Crippen LogP) is 1.53. The van der Waals surface area contributed by atoms with E-state index < -0.39 is 0 Å². The molecule has 0 fully saturated rings. The lowest BCUT2D eigenvalue weighted by molar-refractivity contribution is -0.116. The van der Waals surface area contributed by atoms with E-state index in [0.29, 0.717) is 6.42 Å². The van der Waals surface area contributed by atoms with Crippen molar-refractivity contribution in [2.75, 3.05) is 11.2 Å². The summed E-state index contributed by atoms with van der Waals surface area (Å²) in [4.78, 5) is 12.7. The molecular weight excluding hydrogens is 236 g/mol. The summed E-state index contributed by atoms with van der Waals surface area (Å²) < 4.78 is 1.44. The van der Waals surface area contributed by atoms with Gasteiger partial charge in [-0.1, -0.05) is 18.2 Å². The summed E-state index contributed by atoms with van der Waals surface area (Å²) in [6, 6.07) is 10.0. The number of thioether (sulfide) groups is 1. The molecule has 0 aliphatic carbocycles. The van der Waals surface area contributed by atoms with Crippen LogP contribution in [0.15, 0.2) is 47.9 Å². The van der Waals surface area contributed by atoms with Crippen molar-refractivity contribution in [1.82, 2.24) is 14.9 Å². The van der Waals surface area contributed by atoms with E-state index in [2.05, 4.69) is 15.6 Å². The molecule has 88 valence electrons. The highest BCUT2D eigenvalue weighted by Crippen LogP contribution is 2.17. The van der Waals surface area contributed by atoms with E-state index in [4.69, 9.17) is 0 Å². The highest BCUT2D eigenvalue weighted by atomic mass is 32.2. The number of benzene rings is 1. The number of carbonyl (C=O) groups is 1. The molecule has 2 rings (SSSR count). The summed E-state index contributed by atoms with van der Waals surface area (Å²) in [5.74, 6) is 0.700. The number of nitrogens with zero attached hydrogens (tertiary/aromatic N) is 3. The molecule has 2 aromatic rings. The molecule has 0 spiro atoms. The van der Waals surface area contributed by atoms with E-state index in [1.165, 1.54) is 22.2 Å². The van der Waals surface area contributed by atoms with E-state index in [-0.39, 0.29) is 5.91 Å². The van der Waals surface area contributed by atoms with Crippen LogP contribution >= 0.6 is 11.8 Å². The Labute approximate surface area is 103 Å². The largest absolute Gasteiger partial charge is 0.273 e. The first kappa shape index (κ1) is 11.7. The molecule has 17 heavy (non-hydrogen) atoms. The molecule has 1 aromatic heterocycles. The first-order valence-electron chi connectivity index (χ1n) is 5.17. The first-order chi connectivity index (χ1) is 8.34. The fraction of sp³-hybridized carbons (Fsp3) is 0.182. The van der Waals surface area contributed by atoms with Gasteiger partial charge in [-0.05, 0) is 12.1 Å². The van der Waals surface area contributed by atoms with Crippen molar-refractivity contribution in [3.63, 3.8) is 0 Å². The van der Waals surface area contributed by atoms with Gasteiger partial charge >= 0.3 is 0 Å². The van der Waals surface area contributed by atoms with Crippen LogP contribution in [0.1, 0.15) is 6.42 Å². The second-order valence-electron chi connectivity index (χ2n) is 3.32. The van der Waals surface area contributed by atoms with Crippen LogP contribution in [-0.4, -0.2) is 26.5 Å². The molecule has 1 heterocycles. The van der Waals surface area contributed by atoms with Gasteiger partial charge in [-0.3, -0.25) is 10.2 Å². The number of carbonyl (C=O) groups excluding carboxylic acids is 1. The van der Waals surface area contributed by atoms with Crippen LogP contribution < -0.4 is 5.43 Å². The predicted molar refractivity (Wildman–Crippen MR) is 66.2 cm³/mol. The average Bonchev–Trinajstić information content (AvgIpc) is 2.83. The topological polar surface area (TPSA) is 59.8 Å². The summed E-state index contributed by atoms with van der Waals surface area (Å²) in [5.41, 5.74) is 2.65. The Bertz CT molecular complexity index is 458. The van der Waals surface area contributed by atoms with Gasteiger partial charge in [0.2, 0.25) is 5.91 Å². The lowest BCUT2D eigenvalue weighted by Crippen LogP contribution is -2.21. The molecule has 0 radical (unpaired) electrons. The number of hydrogen-bond donors (Lipinski definition) is 1. The Hall–Kier alpha value is -1.82. The minimum atomic E-state index is -0.0479. The lowest BCUT2D eigenvalue weighted by atomic mass is 10.4. The van der Waals surface area contributed by atoms with Crippen molar-refractivity contribution < 1.29 is 4.79 Å². The van der Waals surface area contributed by atoms with Crippen LogP contribution in [0.3, 0.4) is 0 Å². The van der Waals surface area contributed by atoms with Crippen LogP contribution in [-0.2, 0) is 4.79 Å². The molecule has 0 bridgehead atoms. The molecule has 1 aromatic carbocycles. The van der Waals surface area contributed by atoms with Gasteiger partial charge in [-0.2, -0.15) is 0 Å². The fourth-order valence-corrected chi connectivity index (χ4v) is 2.11. The maximum Gasteiger partial charge on any atom is 0.239 e. The molecule has 0 aliphatic heterocycles. The van der Waals surface area contributed by atoms with E-state index in [1.54, 1.807) is 11.8 Å². The van der Waals surface area contributed by atoms with Gasteiger partial charge in [-0.15, -0.1) is 22.0 Å². The highest BCUT2D eigenvalue weighted by Gasteiger charge is 2.02. The third-order valence-corrected chi connectivity index (χ3v) is 3.03. The lowest BCUT2D eigenvalue weighted by Gasteiger charge is -2.04. The maximum atomic E-state index is 11.5. The van der Waals surface area contributed by atoms with Crippen LogP contribution in [0.25, 0.3) is 0 Å². The Kier molecular flexibility index (Phi) is 4.15. The van der Waals surface area contributed by atoms with Gasteiger partial charge < -0.3 is 0 Å². The Morgan fingerprint density at radius 2 is 1.94 bits per heavy atom. The second kappa shape index (κ2) is 6.05. The molecule has 0 unspecified atom stereocenters. The average molecular weight is 248 g/mol. The molecule has 0 saturated carbocycles. The fourth-order valence-electron chi connectivity index (χ4n) is 1.24. The first-order valence-corrected chi connectivity index (χ1v) is 6.15. The van der Waals surface area contributed by atoms with Crippen molar-refractivity contribution in [3.8, 4) is 0 Å². The minimum absolute atomic E-state index is 0.0479. The molecule has 0 saturated heterocycles. The maximum absolute atomic E-state index is 11.5. The summed E-state index contributed by atoms with van der Waals surface area (Å²) in [7, 11) is 0. The zero-order chi connectivity index (χ0) is 11.9. The Balaban J connectivity index is 1.70. The molecule has 6 heteroatoms. The van der Waals surface area contributed by atoms with Crippen molar-refractivity contribution >= 4 is 17.7 Å². The second-order valence-corrected chi connectivity index (χ2v) is 4.48. The van der Waals surface area contributed by atoms with Gasteiger partial charge in [0.1, 0.15) is 12.7 Å². The zero-order valence-corrected chi connectivity index (χ0v) is 9.93. The van der Waals surface area contributed by atoms with E-state index >= 15 is 0 Å². The SMILES string of the molecule is O=C(CCSc1ccccc1)Nn1cnnc1. The summed E-state index contributed by atoms with van der Waals surface area (Å²) >= 11 is 1.66. The van der Waals surface area contributed by atoms with Gasteiger partial charge in [0.05, 0.1) is 0 Å². The normalized spacial score (nSPS) is 10.1. The van der Waals surface area contributed by atoms with Crippen molar-refractivity contribution in [3.05, 3.63) is 43.0 Å². The van der Waals surface area contributed by atoms with Crippen LogP contribution in [0, 0.1) is 0 Å². The minimum Gasteiger partial charge on any atom is -0.273 e. The third-order valence-electron chi connectivity index (χ3n) is 2.01. The van der Waals surface area contributed by atoms with E-state index in [0.717, 1.165) is 5.75 Å². The molecule has 5 nitrogen and oxygen atoms in total. The standard InChI is InChI=1S/C11H12N4OS/c16-11(14-15-8-12-13-9-15)6-7-17-10-4-2-1-3-5-10/h1-5,8-9H,6-7H2,(H,14,16). The van der Waals surface area contributed by atoms with Gasteiger partial charge in [0.15, 0.2) is 0 Å². The number of rotatable bonds is 5. The number of aromatic nitrogens is 3. The molecular formula is C11H12N4OS. The van der Waals surface area contributed by atoms with E-state index in [1.807, 2.05) is 30.3 Å². The summed E-state index contributed by atoms with van der Waals surface area (Å²) in [5, 5.41) is 7.19. The highest BCUT2D eigenvalue weighted by molar-refractivity contribution is 7.99. The molecule has 1 amide bonds. The van der Waals surface area contributed by atoms with Crippen molar-refractivity contribution in [1.29, 1.82) is 0 Å². The van der Waals surface area contributed by atoms with Crippen molar-refractivity contribution in [2.24, 2.45) is 0 Å². The Morgan fingerprint density at radius 1 is 1.24 bits per heavy atom. The number of amides is 1. The van der Waals surface area contributed by atoms with Crippen molar-refractivity contribution in [2.45, 2.75) is 11.3 Å². The summed E-state index contributed by atoms with van der Waals surface area (Å²) in [6.07, 6.45) is 3.35. The Morgan fingerprint density at radius 3 is 2.65 bits per heavy atom. The smallest absolute Gasteiger partial charge is 0.239 e. The van der Waals surface area contributed by atoms with E-state index in [9.17, 15) is 4.79 Å². The van der Waals surface area contributed by atoms with Crippen LogP contribution in [0.5, 0.6) is 0 Å². The third kappa shape index (κ3) is 3.92. The summed E-state index contributed by atoms with van der Waals surface area (Å²) in [6.45, 7) is 0. The van der Waals surface area contributed by atoms with Gasteiger partial charge in [0, 0.05) is 17.1 Å². The van der Waals surface area contributed by atoms with Crippen LogP contribution in [0.2, 0.25) is 0 Å². The van der Waals surface area contributed by atoms with Gasteiger partial charge in [0.25, 0.3) is 0 Å². The quantitative estimate of drug-likeness (QED) is 0.815. The zero-order valence-electron chi connectivity index (χ0n) is 9.11. The molecule has 1 N–H and O–H groups in total. The number of nitrogens with one attached hydrogen (secondary N) is 1.